The fourth-order valence-corrected chi connectivity index (χ4v) is 1.98. The van der Waals surface area contributed by atoms with Gasteiger partial charge >= 0.3 is 6.61 Å². The number of allylic oxidation sites excluding steroid dienone is 1. The summed E-state index contributed by atoms with van der Waals surface area (Å²) < 4.78 is 27.7. The van der Waals surface area contributed by atoms with E-state index in [1.165, 1.54) is 10.8 Å². The monoisotopic (exact) mass is 262 g/mol. The number of alkyl halides is 2. The van der Waals surface area contributed by atoms with Gasteiger partial charge in [-0.25, -0.2) is 0 Å². The number of halogens is 2. The summed E-state index contributed by atoms with van der Waals surface area (Å²) in [4.78, 5) is 0. The van der Waals surface area contributed by atoms with Crippen LogP contribution in [0.3, 0.4) is 0 Å². The molecule has 0 N–H and O–H groups in total. The number of fused-ring (bicyclic) bond motifs is 1. The number of benzene rings is 2. The van der Waals surface area contributed by atoms with Gasteiger partial charge in [0.05, 0.1) is 6.61 Å². The molecule has 0 atom stereocenters. The summed E-state index contributed by atoms with van der Waals surface area (Å²) >= 11 is 0. The van der Waals surface area contributed by atoms with Gasteiger partial charge in [0.1, 0.15) is 0 Å². The molecule has 0 amide bonds. The van der Waals surface area contributed by atoms with Gasteiger partial charge in [-0.3, -0.25) is 0 Å². The van der Waals surface area contributed by atoms with Gasteiger partial charge in [0.25, 0.3) is 0 Å². The van der Waals surface area contributed by atoms with E-state index in [1.807, 2.05) is 30.4 Å². The van der Waals surface area contributed by atoms with E-state index < -0.39 is 6.61 Å². The highest BCUT2D eigenvalue weighted by Gasteiger charge is 1.99. The van der Waals surface area contributed by atoms with E-state index in [2.05, 4.69) is 29.0 Å². The van der Waals surface area contributed by atoms with Crippen LogP contribution in [0.25, 0.3) is 16.8 Å². The normalized spacial score (nSPS) is 11.7. The Labute approximate surface area is 111 Å². The van der Waals surface area contributed by atoms with Crippen LogP contribution in [0.1, 0.15) is 18.4 Å². The van der Waals surface area contributed by atoms with Crippen molar-refractivity contribution in [2.45, 2.75) is 19.5 Å². The molecule has 0 saturated carbocycles. The van der Waals surface area contributed by atoms with Crippen molar-refractivity contribution in [1.29, 1.82) is 0 Å². The van der Waals surface area contributed by atoms with Crippen molar-refractivity contribution in [3.05, 3.63) is 54.1 Å². The summed E-state index contributed by atoms with van der Waals surface area (Å²) in [5.74, 6) is 0. The molecule has 0 spiro atoms. The Morgan fingerprint density at radius 2 is 1.84 bits per heavy atom. The molecule has 19 heavy (non-hydrogen) atoms. The Bertz CT molecular complexity index is 544. The topological polar surface area (TPSA) is 9.23 Å². The first kappa shape index (κ1) is 13.7. The molecule has 0 unspecified atom stereocenters. The van der Waals surface area contributed by atoms with E-state index in [-0.39, 0.29) is 6.61 Å². The second-order valence-corrected chi connectivity index (χ2v) is 4.24. The number of unbranched alkanes of at least 4 members (excludes halogenated alkanes) is 1. The zero-order valence-corrected chi connectivity index (χ0v) is 10.6. The van der Waals surface area contributed by atoms with Gasteiger partial charge in [0, 0.05) is 0 Å². The van der Waals surface area contributed by atoms with Gasteiger partial charge in [0.2, 0.25) is 0 Å². The van der Waals surface area contributed by atoms with E-state index in [4.69, 9.17) is 0 Å². The van der Waals surface area contributed by atoms with Gasteiger partial charge < -0.3 is 4.74 Å². The van der Waals surface area contributed by atoms with Crippen molar-refractivity contribution >= 4 is 16.8 Å². The van der Waals surface area contributed by atoms with Crippen molar-refractivity contribution in [1.82, 2.24) is 0 Å². The summed E-state index contributed by atoms with van der Waals surface area (Å²) in [7, 11) is 0. The summed E-state index contributed by atoms with van der Waals surface area (Å²) in [5.41, 5.74) is 1.15. The second kappa shape index (κ2) is 7.00. The number of rotatable bonds is 6. The maximum atomic E-state index is 11.7. The summed E-state index contributed by atoms with van der Waals surface area (Å²) in [6.45, 7) is -2.57. The summed E-state index contributed by atoms with van der Waals surface area (Å²) in [5, 5.41) is 2.40. The first-order valence-electron chi connectivity index (χ1n) is 6.31. The molecular weight excluding hydrogens is 246 g/mol. The molecule has 0 saturated heterocycles. The molecule has 0 aliphatic rings. The van der Waals surface area contributed by atoms with E-state index in [1.54, 1.807) is 0 Å². The Morgan fingerprint density at radius 1 is 1.05 bits per heavy atom. The van der Waals surface area contributed by atoms with Crippen molar-refractivity contribution in [3.63, 3.8) is 0 Å². The van der Waals surface area contributed by atoms with Crippen LogP contribution in [-0.4, -0.2) is 13.2 Å². The van der Waals surface area contributed by atoms with Gasteiger partial charge in [-0.1, -0.05) is 54.6 Å². The Kier molecular flexibility index (Phi) is 5.04. The third kappa shape index (κ3) is 4.14. The maximum absolute atomic E-state index is 11.7. The maximum Gasteiger partial charge on any atom is 0.345 e. The lowest BCUT2D eigenvalue weighted by atomic mass is 10.0. The van der Waals surface area contributed by atoms with Gasteiger partial charge in [-0.15, -0.1) is 0 Å². The minimum absolute atomic E-state index is 0.0948. The highest BCUT2D eigenvalue weighted by Crippen LogP contribution is 2.19. The fourth-order valence-electron chi connectivity index (χ4n) is 1.98. The van der Waals surface area contributed by atoms with E-state index in [0.717, 1.165) is 12.0 Å². The molecule has 3 heteroatoms. The van der Waals surface area contributed by atoms with Crippen LogP contribution in [0.5, 0.6) is 0 Å². The van der Waals surface area contributed by atoms with Crippen molar-refractivity contribution in [3.8, 4) is 0 Å². The standard InChI is InChI=1S/C16H16F2O/c17-16(18)19-12-5-1-2-7-13-9-6-10-14-8-3-4-11-15(13)14/h2-4,6-11,16H,1,5,12H2/b7-2+. The Hall–Kier alpha value is -1.74. The highest BCUT2D eigenvalue weighted by molar-refractivity contribution is 5.90. The van der Waals surface area contributed by atoms with Gasteiger partial charge in [-0.2, -0.15) is 8.78 Å². The highest BCUT2D eigenvalue weighted by atomic mass is 19.3. The molecule has 0 heterocycles. The van der Waals surface area contributed by atoms with Crippen LogP contribution in [0.4, 0.5) is 8.78 Å². The largest absolute Gasteiger partial charge is 0.345 e. The lowest BCUT2D eigenvalue weighted by molar-refractivity contribution is -0.129. The van der Waals surface area contributed by atoms with Crippen LogP contribution in [0, 0.1) is 0 Å². The fraction of sp³-hybridized carbons (Fsp3) is 0.250. The molecule has 0 bridgehead atoms. The third-order valence-electron chi connectivity index (χ3n) is 2.88. The molecule has 2 aromatic carbocycles. The lowest BCUT2D eigenvalue weighted by Crippen LogP contribution is -1.99. The first-order chi connectivity index (χ1) is 9.27. The molecule has 2 rings (SSSR count). The average Bonchev–Trinajstić information content (AvgIpc) is 2.42. The molecule has 0 aliphatic heterocycles. The summed E-state index contributed by atoms with van der Waals surface area (Å²) in [6, 6.07) is 14.3. The van der Waals surface area contributed by atoms with E-state index in [9.17, 15) is 8.78 Å². The second-order valence-electron chi connectivity index (χ2n) is 4.24. The van der Waals surface area contributed by atoms with Gasteiger partial charge in [-0.05, 0) is 29.2 Å². The molecule has 100 valence electrons. The van der Waals surface area contributed by atoms with Crippen molar-refractivity contribution in [2.75, 3.05) is 6.61 Å². The minimum Gasteiger partial charge on any atom is -0.323 e. The number of hydrogen-bond donors (Lipinski definition) is 0. The van der Waals surface area contributed by atoms with Crippen LogP contribution in [0.2, 0.25) is 0 Å². The molecular formula is C16H16F2O. The average molecular weight is 262 g/mol. The van der Waals surface area contributed by atoms with Crippen LogP contribution < -0.4 is 0 Å². The smallest absolute Gasteiger partial charge is 0.323 e. The number of ether oxygens (including phenoxy) is 1. The van der Waals surface area contributed by atoms with Crippen molar-refractivity contribution in [2.24, 2.45) is 0 Å². The number of hydrogen-bond acceptors (Lipinski definition) is 1. The molecule has 0 radical (unpaired) electrons. The molecule has 0 aromatic heterocycles. The SMILES string of the molecule is FC(F)OCCC/C=C/c1cccc2ccccc12. The van der Waals surface area contributed by atoms with Crippen LogP contribution >= 0.6 is 0 Å². The predicted molar refractivity (Wildman–Crippen MR) is 74.2 cm³/mol. The summed E-state index contributed by atoms with van der Waals surface area (Å²) in [6.07, 6.45) is 5.36. The first-order valence-corrected chi connectivity index (χ1v) is 6.31. The minimum atomic E-state index is -2.66. The third-order valence-corrected chi connectivity index (χ3v) is 2.88. The molecule has 2 aromatic rings. The van der Waals surface area contributed by atoms with E-state index in [0.29, 0.717) is 6.42 Å². The predicted octanol–water partition coefficient (Wildman–Crippen LogP) is 4.87. The van der Waals surface area contributed by atoms with E-state index >= 15 is 0 Å². The Morgan fingerprint density at radius 3 is 2.68 bits per heavy atom. The molecule has 1 nitrogen and oxygen atoms in total. The molecule has 0 fully saturated rings. The van der Waals surface area contributed by atoms with Crippen molar-refractivity contribution < 1.29 is 13.5 Å². The van der Waals surface area contributed by atoms with Crippen LogP contribution in [0.15, 0.2) is 48.5 Å². The van der Waals surface area contributed by atoms with Gasteiger partial charge in [0.15, 0.2) is 0 Å². The Balaban J connectivity index is 1.94. The zero-order valence-electron chi connectivity index (χ0n) is 10.6. The lowest BCUT2D eigenvalue weighted by Gasteiger charge is -2.02. The zero-order chi connectivity index (χ0) is 13.5. The molecule has 0 aliphatic carbocycles. The van der Waals surface area contributed by atoms with Crippen LogP contribution in [-0.2, 0) is 4.74 Å². The quantitative estimate of drug-likeness (QED) is 0.675.